The number of nitrogens with zero attached hydrogens (tertiary/aromatic N) is 2. The largest absolute Gasteiger partial charge is 0.459 e. The number of halogens is 1. The lowest BCUT2D eigenvalue weighted by Crippen LogP contribution is -1.91. The highest BCUT2D eigenvalue weighted by Crippen LogP contribution is 2.28. The standard InChI is InChI=1S/C13H10FN3O2S/c14-8-3-4-9(15)11(6-8)20-7-12-16-13(19-17-12)10-2-1-5-18-10/h1-6H,7,15H2. The number of hydrogen-bond donors (Lipinski definition) is 1. The predicted octanol–water partition coefficient (Wildman–Crippen LogP) is 3.34. The van der Waals surface area contributed by atoms with Gasteiger partial charge in [0.15, 0.2) is 11.6 Å². The number of nitrogen functional groups attached to an aromatic ring is 1. The highest BCUT2D eigenvalue weighted by molar-refractivity contribution is 7.98. The molecule has 2 heterocycles. The van der Waals surface area contributed by atoms with Crippen LogP contribution < -0.4 is 5.73 Å². The minimum Gasteiger partial charge on any atom is -0.459 e. The first-order valence-corrected chi connectivity index (χ1v) is 6.75. The molecule has 0 fully saturated rings. The van der Waals surface area contributed by atoms with E-state index in [-0.39, 0.29) is 5.82 Å². The fourth-order valence-corrected chi connectivity index (χ4v) is 2.42. The molecule has 0 aliphatic heterocycles. The van der Waals surface area contributed by atoms with Crippen LogP contribution in [0.1, 0.15) is 5.82 Å². The van der Waals surface area contributed by atoms with Gasteiger partial charge in [0.2, 0.25) is 0 Å². The van der Waals surface area contributed by atoms with Crippen molar-refractivity contribution in [1.82, 2.24) is 10.1 Å². The van der Waals surface area contributed by atoms with Crippen molar-refractivity contribution in [3.05, 3.63) is 48.2 Å². The molecule has 0 saturated heterocycles. The van der Waals surface area contributed by atoms with Crippen molar-refractivity contribution in [1.29, 1.82) is 0 Å². The van der Waals surface area contributed by atoms with Crippen LogP contribution in [-0.4, -0.2) is 10.1 Å². The Hall–Kier alpha value is -2.28. The highest BCUT2D eigenvalue weighted by Gasteiger charge is 2.12. The molecule has 0 bridgehead atoms. The van der Waals surface area contributed by atoms with Crippen LogP contribution in [0.15, 0.2) is 50.4 Å². The maximum atomic E-state index is 13.1. The number of rotatable bonds is 4. The second-order valence-corrected chi connectivity index (χ2v) is 4.98. The smallest absolute Gasteiger partial charge is 0.293 e. The Morgan fingerprint density at radius 1 is 1.30 bits per heavy atom. The topological polar surface area (TPSA) is 78.1 Å². The van der Waals surface area contributed by atoms with E-state index in [9.17, 15) is 4.39 Å². The van der Waals surface area contributed by atoms with Gasteiger partial charge in [0.1, 0.15) is 5.82 Å². The summed E-state index contributed by atoms with van der Waals surface area (Å²) < 4.78 is 23.4. The van der Waals surface area contributed by atoms with Crippen LogP contribution in [0.2, 0.25) is 0 Å². The average molecular weight is 291 g/mol. The molecule has 3 rings (SSSR count). The molecule has 1 aromatic carbocycles. The number of thioether (sulfide) groups is 1. The van der Waals surface area contributed by atoms with Crippen molar-refractivity contribution in [2.24, 2.45) is 0 Å². The molecule has 0 aliphatic carbocycles. The second kappa shape index (κ2) is 5.38. The number of aromatic nitrogens is 2. The molecule has 7 heteroatoms. The van der Waals surface area contributed by atoms with Crippen LogP contribution in [0.4, 0.5) is 10.1 Å². The zero-order chi connectivity index (χ0) is 13.9. The molecule has 0 saturated carbocycles. The van der Waals surface area contributed by atoms with Crippen molar-refractivity contribution in [3.63, 3.8) is 0 Å². The average Bonchev–Trinajstić information content (AvgIpc) is 3.09. The summed E-state index contributed by atoms with van der Waals surface area (Å²) in [4.78, 5) is 4.84. The summed E-state index contributed by atoms with van der Waals surface area (Å²) in [6.07, 6.45) is 1.53. The van der Waals surface area contributed by atoms with Crippen molar-refractivity contribution >= 4 is 17.4 Å². The number of benzene rings is 1. The Labute approximate surface area is 118 Å². The lowest BCUT2D eigenvalue weighted by Gasteiger charge is -2.02. The Balaban J connectivity index is 1.71. The van der Waals surface area contributed by atoms with E-state index >= 15 is 0 Å². The summed E-state index contributed by atoms with van der Waals surface area (Å²) >= 11 is 1.34. The van der Waals surface area contributed by atoms with Crippen molar-refractivity contribution in [2.75, 3.05) is 5.73 Å². The second-order valence-electron chi connectivity index (χ2n) is 3.96. The maximum Gasteiger partial charge on any atom is 0.293 e. The summed E-state index contributed by atoms with van der Waals surface area (Å²) in [7, 11) is 0. The van der Waals surface area contributed by atoms with Gasteiger partial charge in [0.05, 0.1) is 12.0 Å². The summed E-state index contributed by atoms with van der Waals surface area (Å²) in [6, 6.07) is 7.70. The Morgan fingerprint density at radius 2 is 2.20 bits per heavy atom. The van der Waals surface area contributed by atoms with Gasteiger partial charge in [-0.2, -0.15) is 4.98 Å². The van der Waals surface area contributed by atoms with E-state index in [1.165, 1.54) is 36.2 Å². The quantitative estimate of drug-likeness (QED) is 0.586. The number of furan rings is 1. The molecule has 0 amide bonds. The van der Waals surface area contributed by atoms with Crippen LogP contribution in [-0.2, 0) is 5.75 Å². The van der Waals surface area contributed by atoms with Gasteiger partial charge in [-0.05, 0) is 30.3 Å². The summed E-state index contributed by atoms with van der Waals surface area (Å²) in [5.41, 5.74) is 6.29. The van der Waals surface area contributed by atoms with Crippen molar-refractivity contribution < 1.29 is 13.3 Å². The third kappa shape index (κ3) is 2.67. The fraction of sp³-hybridized carbons (Fsp3) is 0.0769. The first-order valence-electron chi connectivity index (χ1n) is 5.76. The first-order chi connectivity index (χ1) is 9.72. The normalized spacial score (nSPS) is 10.8. The summed E-state index contributed by atoms with van der Waals surface area (Å²) in [5, 5.41) is 3.84. The van der Waals surface area contributed by atoms with E-state index < -0.39 is 0 Å². The van der Waals surface area contributed by atoms with Crippen LogP contribution in [0, 0.1) is 5.82 Å². The molecule has 3 aromatic rings. The van der Waals surface area contributed by atoms with Gasteiger partial charge in [0, 0.05) is 10.6 Å². The fourth-order valence-electron chi connectivity index (χ4n) is 1.59. The number of anilines is 1. The molecule has 0 atom stereocenters. The van der Waals surface area contributed by atoms with Gasteiger partial charge in [-0.1, -0.05) is 5.16 Å². The molecule has 0 spiro atoms. The zero-order valence-corrected chi connectivity index (χ0v) is 11.1. The van der Waals surface area contributed by atoms with E-state index in [4.69, 9.17) is 14.7 Å². The maximum absolute atomic E-state index is 13.1. The SMILES string of the molecule is Nc1ccc(F)cc1SCc1noc(-c2ccco2)n1. The van der Waals surface area contributed by atoms with Crippen molar-refractivity contribution in [2.45, 2.75) is 10.6 Å². The monoisotopic (exact) mass is 291 g/mol. The van der Waals surface area contributed by atoms with E-state index in [0.29, 0.717) is 33.8 Å². The third-order valence-corrected chi connectivity index (χ3v) is 3.60. The van der Waals surface area contributed by atoms with Gasteiger partial charge in [-0.25, -0.2) is 4.39 Å². The van der Waals surface area contributed by atoms with Crippen LogP contribution in [0.5, 0.6) is 0 Å². The molecule has 0 aliphatic rings. The molecule has 0 unspecified atom stereocenters. The molecule has 2 aromatic heterocycles. The first kappa shape index (κ1) is 12.7. The van der Waals surface area contributed by atoms with Gasteiger partial charge in [0.25, 0.3) is 5.89 Å². The molecule has 5 nitrogen and oxygen atoms in total. The number of nitrogens with two attached hydrogens (primary N) is 1. The van der Waals surface area contributed by atoms with E-state index in [1.807, 2.05) is 0 Å². The van der Waals surface area contributed by atoms with Gasteiger partial charge < -0.3 is 14.7 Å². The van der Waals surface area contributed by atoms with E-state index in [1.54, 1.807) is 12.1 Å². The minimum absolute atomic E-state index is 0.317. The summed E-state index contributed by atoms with van der Waals surface area (Å²) in [6.45, 7) is 0. The van der Waals surface area contributed by atoms with Gasteiger partial charge in [-0.3, -0.25) is 0 Å². The van der Waals surface area contributed by atoms with Gasteiger partial charge >= 0.3 is 0 Å². The van der Waals surface area contributed by atoms with E-state index in [2.05, 4.69) is 10.1 Å². The minimum atomic E-state index is -0.328. The molecular weight excluding hydrogens is 281 g/mol. The van der Waals surface area contributed by atoms with E-state index in [0.717, 1.165) is 0 Å². The van der Waals surface area contributed by atoms with Crippen LogP contribution in [0.3, 0.4) is 0 Å². The molecule has 20 heavy (non-hydrogen) atoms. The summed E-state index contributed by atoms with van der Waals surface area (Å²) in [5.74, 6) is 1.42. The lowest BCUT2D eigenvalue weighted by atomic mass is 10.3. The molecule has 0 radical (unpaired) electrons. The molecule has 2 N–H and O–H groups in total. The van der Waals surface area contributed by atoms with Crippen molar-refractivity contribution in [3.8, 4) is 11.7 Å². The lowest BCUT2D eigenvalue weighted by molar-refractivity contribution is 0.411. The zero-order valence-electron chi connectivity index (χ0n) is 10.2. The van der Waals surface area contributed by atoms with Gasteiger partial charge in [-0.15, -0.1) is 11.8 Å². The molecule has 102 valence electrons. The molecular formula is C13H10FN3O2S. The third-order valence-electron chi connectivity index (χ3n) is 2.53. The van der Waals surface area contributed by atoms with Crippen LogP contribution >= 0.6 is 11.8 Å². The number of hydrogen-bond acceptors (Lipinski definition) is 6. The Morgan fingerprint density at radius 3 is 3.00 bits per heavy atom. The Kier molecular flexibility index (Phi) is 3.42. The predicted molar refractivity (Wildman–Crippen MR) is 72.4 cm³/mol. The Bertz CT molecular complexity index is 712. The van der Waals surface area contributed by atoms with Crippen LogP contribution in [0.25, 0.3) is 11.7 Å². The highest BCUT2D eigenvalue weighted by atomic mass is 32.2.